The molecule has 0 bridgehead atoms. The van der Waals surface area contributed by atoms with E-state index < -0.39 is 0 Å². The predicted molar refractivity (Wildman–Crippen MR) is 73.3 cm³/mol. The highest BCUT2D eigenvalue weighted by Crippen LogP contribution is 2.25. The van der Waals surface area contributed by atoms with Crippen molar-refractivity contribution in [3.8, 4) is 5.75 Å². The van der Waals surface area contributed by atoms with E-state index in [-0.39, 0.29) is 11.2 Å². The molecule has 0 saturated carbocycles. The summed E-state index contributed by atoms with van der Waals surface area (Å²) >= 11 is 0. The first-order valence-corrected chi connectivity index (χ1v) is 6.38. The van der Waals surface area contributed by atoms with E-state index in [0.29, 0.717) is 23.8 Å². The third kappa shape index (κ3) is 3.98. The first-order valence-electron chi connectivity index (χ1n) is 6.38. The average molecular weight is 253 g/mol. The number of benzene rings is 1. The molecule has 0 heterocycles. The highest BCUT2D eigenvalue weighted by atomic mass is 19.1. The van der Waals surface area contributed by atoms with Crippen LogP contribution in [0, 0.1) is 17.2 Å². The molecular weight excluding hydrogens is 229 g/mol. The number of nitrogens with one attached hydrogen (secondary N) is 1. The summed E-state index contributed by atoms with van der Waals surface area (Å²) in [5.41, 5.74) is 0.912. The molecule has 0 aliphatic carbocycles. The summed E-state index contributed by atoms with van der Waals surface area (Å²) in [5, 5.41) is 3.30. The van der Waals surface area contributed by atoms with E-state index in [9.17, 15) is 4.39 Å². The number of rotatable bonds is 5. The minimum absolute atomic E-state index is 0.264. The molecule has 1 unspecified atom stereocenters. The van der Waals surface area contributed by atoms with Crippen LogP contribution in [0.25, 0.3) is 0 Å². The summed E-state index contributed by atoms with van der Waals surface area (Å²) in [6.07, 6.45) is 0. The van der Waals surface area contributed by atoms with E-state index in [1.807, 2.05) is 6.07 Å². The largest absolute Gasteiger partial charge is 0.494 e. The van der Waals surface area contributed by atoms with Gasteiger partial charge >= 0.3 is 0 Å². The van der Waals surface area contributed by atoms with Crippen LogP contribution >= 0.6 is 0 Å². The van der Waals surface area contributed by atoms with E-state index >= 15 is 0 Å². The van der Waals surface area contributed by atoms with Crippen molar-refractivity contribution < 1.29 is 9.13 Å². The average Bonchev–Trinajstić information content (AvgIpc) is 2.30. The van der Waals surface area contributed by atoms with Gasteiger partial charge in [0.1, 0.15) is 0 Å². The molecule has 0 radical (unpaired) electrons. The minimum atomic E-state index is -0.268. The van der Waals surface area contributed by atoms with Crippen molar-refractivity contribution in [2.24, 2.45) is 11.3 Å². The van der Waals surface area contributed by atoms with Crippen LogP contribution < -0.4 is 10.1 Å². The van der Waals surface area contributed by atoms with Gasteiger partial charge in [-0.3, -0.25) is 0 Å². The molecule has 0 saturated heterocycles. The van der Waals surface area contributed by atoms with Crippen LogP contribution in [0.15, 0.2) is 18.2 Å². The minimum Gasteiger partial charge on any atom is -0.494 e. The van der Waals surface area contributed by atoms with Crippen molar-refractivity contribution in [3.63, 3.8) is 0 Å². The molecule has 1 atom stereocenters. The van der Waals surface area contributed by atoms with Gasteiger partial charge in [0, 0.05) is 12.1 Å². The maximum absolute atomic E-state index is 13.9. The Hall–Kier alpha value is -1.09. The maximum atomic E-state index is 13.9. The van der Waals surface area contributed by atoms with Crippen molar-refractivity contribution in [3.05, 3.63) is 29.6 Å². The zero-order valence-corrected chi connectivity index (χ0v) is 12.0. The first kappa shape index (κ1) is 15.0. The lowest BCUT2D eigenvalue weighted by molar-refractivity contribution is 0.252. The topological polar surface area (TPSA) is 21.3 Å². The SMILES string of the molecule is COc1cccc(CNCC(C)C(C)(C)C)c1F. The second-order valence-electron chi connectivity index (χ2n) is 5.83. The Morgan fingerprint density at radius 3 is 2.56 bits per heavy atom. The van der Waals surface area contributed by atoms with Crippen LogP contribution in [-0.4, -0.2) is 13.7 Å². The lowest BCUT2D eigenvalue weighted by Gasteiger charge is -2.27. The van der Waals surface area contributed by atoms with Gasteiger partial charge in [-0.05, 0) is 23.9 Å². The van der Waals surface area contributed by atoms with Gasteiger partial charge in [0.25, 0.3) is 0 Å². The zero-order chi connectivity index (χ0) is 13.8. The van der Waals surface area contributed by atoms with Crippen LogP contribution in [0.3, 0.4) is 0 Å². The Labute approximate surface area is 110 Å². The van der Waals surface area contributed by atoms with Gasteiger partial charge in [-0.1, -0.05) is 39.8 Å². The van der Waals surface area contributed by atoms with E-state index in [0.717, 1.165) is 6.54 Å². The molecule has 2 nitrogen and oxygen atoms in total. The molecule has 1 aromatic carbocycles. The maximum Gasteiger partial charge on any atom is 0.169 e. The predicted octanol–water partition coefficient (Wildman–Crippen LogP) is 3.61. The highest BCUT2D eigenvalue weighted by molar-refractivity contribution is 5.30. The number of methoxy groups -OCH3 is 1. The van der Waals surface area contributed by atoms with Crippen molar-refractivity contribution in [2.75, 3.05) is 13.7 Å². The van der Waals surface area contributed by atoms with Gasteiger partial charge < -0.3 is 10.1 Å². The molecule has 0 aromatic heterocycles. The summed E-state index contributed by atoms with van der Waals surface area (Å²) in [6.45, 7) is 10.3. The second kappa shape index (κ2) is 6.19. The van der Waals surface area contributed by atoms with Gasteiger partial charge in [0.05, 0.1) is 7.11 Å². The quantitative estimate of drug-likeness (QED) is 0.865. The summed E-state index contributed by atoms with van der Waals surface area (Å²) in [4.78, 5) is 0. The Bertz CT molecular complexity index is 385. The van der Waals surface area contributed by atoms with Gasteiger partial charge in [0.15, 0.2) is 11.6 Å². The number of ether oxygens (including phenoxy) is 1. The third-order valence-electron chi connectivity index (χ3n) is 3.51. The number of halogens is 1. The molecule has 0 aliphatic heterocycles. The van der Waals surface area contributed by atoms with Crippen molar-refractivity contribution >= 4 is 0 Å². The molecule has 1 rings (SSSR count). The molecule has 18 heavy (non-hydrogen) atoms. The fourth-order valence-corrected chi connectivity index (χ4v) is 1.58. The Morgan fingerprint density at radius 2 is 2.00 bits per heavy atom. The summed E-state index contributed by atoms with van der Waals surface area (Å²) in [5.74, 6) is 0.570. The summed E-state index contributed by atoms with van der Waals surface area (Å²) in [6, 6.07) is 5.23. The van der Waals surface area contributed by atoms with Gasteiger partial charge in [-0.2, -0.15) is 0 Å². The summed E-state index contributed by atoms with van der Waals surface area (Å²) < 4.78 is 18.8. The standard InChI is InChI=1S/C15H24FNO/c1-11(15(2,3)4)9-17-10-12-7-6-8-13(18-5)14(12)16/h6-8,11,17H,9-10H2,1-5H3. The van der Waals surface area contributed by atoms with Crippen molar-refractivity contribution in [1.29, 1.82) is 0 Å². The second-order valence-corrected chi connectivity index (χ2v) is 5.83. The fraction of sp³-hybridized carbons (Fsp3) is 0.600. The van der Waals surface area contributed by atoms with Crippen LogP contribution in [-0.2, 0) is 6.54 Å². The molecule has 1 N–H and O–H groups in total. The van der Waals surface area contributed by atoms with Gasteiger partial charge in [0.2, 0.25) is 0 Å². The first-order chi connectivity index (χ1) is 8.36. The monoisotopic (exact) mass is 253 g/mol. The zero-order valence-electron chi connectivity index (χ0n) is 12.0. The van der Waals surface area contributed by atoms with Gasteiger partial charge in [-0.15, -0.1) is 0 Å². The summed E-state index contributed by atoms with van der Waals surface area (Å²) in [7, 11) is 1.48. The van der Waals surface area contributed by atoms with Crippen molar-refractivity contribution in [1.82, 2.24) is 5.32 Å². The molecule has 3 heteroatoms. The van der Waals surface area contributed by atoms with E-state index in [1.165, 1.54) is 7.11 Å². The van der Waals surface area contributed by atoms with E-state index in [4.69, 9.17) is 4.74 Å². The Kier molecular flexibility index (Phi) is 5.15. The normalized spacial score (nSPS) is 13.4. The Balaban J connectivity index is 2.55. The fourth-order valence-electron chi connectivity index (χ4n) is 1.58. The number of hydrogen-bond acceptors (Lipinski definition) is 2. The lowest BCUT2D eigenvalue weighted by atomic mass is 9.82. The van der Waals surface area contributed by atoms with Crippen LogP contribution in [0.2, 0.25) is 0 Å². The molecule has 0 spiro atoms. The van der Waals surface area contributed by atoms with Gasteiger partial charge in [-0.25, -0.2) is 4.39 Å². The molecule has 0 aliphatic rings. The van der Waals surface area contributed by atoms with Crippen LogP contribution in [0.1, 0.15) is 33.3 Å². The molecule has 102 valence electrons. The molecule has 0 amide bonds. The van der Waals surface area contributed by atoms with E-state index in [2.05, 4.69) is 33.0 Å². The van der Waals surface area contributed by atoms with Crippen LogP contribution in [0.5, 0.6) is 5.75 Å². The molecule has 0 fully saturated rings. The molecular formula is C15H24FNO. The Morgan fingerprint density at radius 1 is 1.33 bits per heavy atom. The van der Waals surface area contributed by atoms with Crippen molar-refractivity contribution in [2.45, 2.75) is 34.2 Å². The highest BCUT2D eigenvalue weighted by Gasteiger charge is 2.19. The number of hydrogen-bond donors (Lipinski definition) is 1. The third-order valence-corrected chi connectivity index (χ3v) is 3.51. The lowest BCUT2D eigenvalue weighted by Crippen LogP contribution is -2.29. The van der Waals surface area contributed by atoms with Crippen LogP contribution in [0.4, 0.5) is 4.39 Å². The smallest absolute Gasteiger partial charge is 0.169 e. The van der Waals surface area contributed by atoms with E-state index in [1.54, 1.807) is 12.1 Å². The molecule has 1 aromatic rings.